The maximum Gasteiger partial charge on any atom is 0.385 e. The first-order chi connectivity index (χ1) is 17.6. The molecule has 0 bridgehead atoms. The Morgan fingerprint density at radius 1 is 1.22 bits per heavy atom. The number of nitrogens with one attached hydrogen (secondary N) is 1. The van der Waals surface area contributed by atoms with Gasteiger partial charge in [0.15, 0.2) is 5.69 Å². The molecule has 2 N–H and O–H groups in total. The molecule has 1 aromatic carbocycles. The number of benzene rings is 1. The second-order valence-corrected chi connectivity index (χ2v) is 11.1. The predicted octanol–water partition coefficient (Wildman–Crippen LogP) is 1.51. The number of aliphatic imine (C=N–C) groups is 1. The molecule has 0 saturated carbocycles. The topological polar surface area (TPSA) is 118 Å². The molecule has 5 rings (SSSR count). The third kappa shape index (κ3) is 4.94. The average molecular weight is 529 g/mol. The van der Waals surface area contributed by atoms with E-state index in [1.165, 1.54) is 23.6 Å². The van der Waals surface area contributed by atoms with Crippen molar-refractivity contribution in [2.24, 2.45) is 4.99 Å². The number of rotatable bonds is 6. The van der Waals surface area contributed by atoms with Crippen molar-refractivity contribution >= 4 is 32.8 Å². The smallest absolute Gasteiger partial charge is 0.385 e. The van der Waals surface area contributed by atoms with Gasteiger partial charge in [0.25, 0.3) is 5.75 Å². The molecule has 1 fully saturated rings. The fourth-order valence-electron chi connectivity index (χ4n) is 4.47. The normalized spacial score (nSPS) is 16.1. The van der Waals surface area contributed by atoms with E-state index in [0.717, 1.165) is 21.7 Å². The summed E-state index contributed by atoms with van der Waals surface area (Å²) in [6.07, 6.45) is 5.22. The molecule has 194 valence electrons. The summed E-state index contributed by atoms with van der Waals surface area (Å²) in [6, 6.07) is 7.87. The van der Waals surface area contributed by atoms with Crippen LogP contribution in [-0.2, 0) is 21.2 Å². The number of aromatic amines is 1. The summed E-state index contributed by atoms with van der Waals surface area (Å²) in [7, 11) is -2.26. The van der Waals surface area contributed by atoms with Gasteiger partial charge in [-0.1, -0.05) is 12.1 Å². The van der Waals surface area contributed by atoms with E-state index >= 15 is 0 Å². The van der Waals surface area contributed by atoms with Crippen LogP contribution in [0.1, 0.15) is 17.7 Å². The number of aromatic nitrogens is 2. The van der Waals surface area contributed by atoms with Crippen LogP contribution in [0.5, 0.6) is 5.75 Å². The van der Waals surface area contributed by atoms with Crippen LogP contribution in [0, 0.1) is 5.82 Å². The Bertz CT molecular complexity index is 1590. The van der Waals surface area contributed by atoms with Gasteiger partial charge in [0.2, 0.25) is 10.0 Å². The third-order valence-electron chi connectivity index (χ3n) is 6.57. The zero-order valence-corrected chi connectivity index (χ0v) is 21.3. The molecule has 0 amide bonds. The van der Waals surface area contributed by atoms with Crippen LogP contribution in [0.25, 0.3) is 5.65 Å². The highest BCUT2D eigenvalue weighted by Gasteiger charge is 2.30. The SMILES string of the molecule is CN(c1cc(N2CCOCC2)cn2c(=O)c(O)c(C3=NC=C(Cc4ccc(F)cc4)C3)[nH+]c12)S(C)(=O)=O. The Kier molecular flexibility index (Phi) is 6.46. The fourth-order valence-corrected chi connectivity index (χ4v) is 4.97. The van der Waals surface area contributed by atoms with Gasteiger partial charge in [0.1, 0.15) is 17.7 Å². The molecule has 12 heteroatoms. The van der Waals surface area contributed by atoms with Crippen LogP contribution in [0.15, 0.2) is 58.1 Å². The molecule has 0 spiro atoms. The number of nitrogens with zero attached hydrogens (tertiary/aromatic N) is 4. The molecule has 10 nitrogen and oxygen atoms in total. The fraction of sp³-hybridized carbons (Fsp3) is 0.320. The molecule has 4 heterocycles. The van der Waals surface area contributed by atoms with E-state index in [2.05, 4.69) is 9.98 Å². The molecule has 37 heavy (non-hydrogen) atoms. The first-order valence-electron chi connectivity index (χ1n) is 11.7. The Hall–Kier alpha value is -3.77. The quantitative estimate of drug-likeness (QED) is 0.518. The lowest BCUT2D eigenvalue weighted by Crippen LogP contribution is -2.38. The van der Waals surface area contributed by atoms with Crippen molar-refractivity contribution in [2.75, 3.05) is 48.8 Å². The van der Waals surface area contributed by atoms with Crippen LogP contribution in [0.3, 0.4) is 0 Å². The number of allylic oxidation sites excluding steroid dienone is 1. The molecular weight excluding hydrogens is 501 g/mol. The molecule has 0 atom stereocenters. The van der Waals surface area contributed by atoms with Gasteiger partial charge < -0.3 is 14.7 Å². The lowest BCUT2D eigenvalue weighted by molar-refractivity contribution is -0.353. The number of H-pyrrole nitrogens is 1. The van der Waals surface area contributed by atoms with Gasteiger partial charge in [-0.3, -0.25) is 9.30 Å². The molecule has 0 aliphatic carbocycles. The highest BCUT2D eigenvalue weighted by Crippen LogP contribution is 2.28. The van der Waals surface area contributed by atoms with Gasteiger partial charge in [-0.05, 0) is 35.8 Å². The Morgan fingerprint density at radius 2 is 1.92 bits per heavy atom. The van der Waals surface area contributed by atoms with E-state index in [0.29, 0.717) is 50.5 Å². The van der Waals surface area contributed by atoms with Crippen molar-refractivity contribution < 1.29 is 27.6 Å². The van der Waals surface area contributed by atoms with Crippen LogP contribution < -0.4 is 19.7 Å². The highest BCUT2D eigenvalue weighted by atomic mass is 32.2. The molecule has 2 aromatic heterocycles. The van der Waals surface area contributed by atoms with Crippen molar-refractivity contribution in [1.82, 2.24) is 4.40 Å². The molecule has 2 aliphatic heterocycles. The first kappa shape index (κ1) is 24.9. The van der Waals surface area contributed by atoms with Gasteiger partial charge in [0.05, 0.1) is 30.9 Å². The summed E-state index contributed by atoms with van der Waals surface area (Å²) < 4.78 is 45.9. The predicted molar refractivity (Wildman–Crippen MR) is 138 cm³/mol. The van der Waals surface area contributed by atoms with Crippen LogP contribution >= 0.6 is 0 Å². The number of sulfonamides is 1. The summed E-state index contributed by atoms with van der Waals surface area (Å²) in [6.45, 7) is 2.17. The number of hydrogen-bond acceptors (Lipinski definition) is 7. The third-order valence-corrected chi connectivity index (χ3v) is 7.77. The summed E-state index contributed by atoms with van der Waals surface area (Å²) in [5, 5.41) is 10.9. The number of halogens is 1. The van der Waals surface area contributed by atoms with Crippen molar-refractivity contribution in [2.45, 2.75) is 12.8 Å². The summed E-state index contributed by atoms with van der Waals surface area (Å²) in [4.78, 5) is 22.8. The Balaban J connectivity index is 1.56. The Labute approximate surface area is 213 Å². The molecule has 0 radical (unpaired) electrons. The number of fused-ring (bicyclic) bond motifs is 1. The number of anilines is 2. The van der Waals surface area contributed by atoms with E-state index in [1.54, 1.807) is 30.6 Å². The maximum absolute atomic E-state index is 13.3. The molecule has 3 aromatic rings. The van der Waals surface area contributed by atoms with Crippen LogP contribution in [0.2, 0.25) is 0 Å². The van der Waals surface area contributed by atoms with Crippen LogP contribution in [0.4, 0.5) is 15.8 Å². The van der Waals surface area contributed by atoms with Gasteiger partial charge in [-0.25, -0.2) is 22.6 Å². The first-order valence-corrected chi connectivity index (χ1v) is 13.6. The van der Waals surface area contributed by atoms with E-state index in [-0.39, 0.29) is 22.8 Å². The second kappa shape index (κ2) is 9.60. The largest absolute Gasteiger partial charge is 0.498 e. The molecule has 1 saturated heterocycles. The zero-order valence-electron chi connectivity index (χ0n) is 20.4. The van der Waals surface area contributed by atoms with Gasteiger partial charge >= 0.3 is 11.2 Å². The second-order valence-electron chi connectivity index (χ2n) is 9.13. The summed E-state index contributed by atoms with van der Waals surface area (Å²) in [5.74, 6) is -0.830. The van der Waals surface area contributed by atoms with Crippen LogP contribution in [-0.4, -0.2) is 63.2 Å². The standard InChI is InChI=1S/C25H26FN5O5S/c1-29(37(2,34)35)21-13-19(30-7-9-36-10-8-30)15-31-24(21)28-22(23(32)25(31)33)20-12-17(14-27-20)11-16-3-5-18(26)6-4-16/h3-6,13-15,32H,7-12H2,1-2H3/p+1. The van der Waals surface area contributed by atoms with Gasteiger partial charge in [-0.15, -0.1) is 0 Å². The lowest BCUT2D eigenvalue weighted by Gasteiger charge is -2.29. The van der Waals surface area contributed by atoms with E-state index in [9.17, 15) is 22.7 Å². The molecule has 0 unspecified atom stereocenters. The lowest BCUT2D eigenvalue weighted by atomic mass is 10.0. The van der Waals surface area contributed by atoms with Crippen molar-refractivity contribution in [3.8, 4) is 5.75 Å². The number of pyridine rings is 1. The number of aromatic hydroxyl groups is 1. The highest BCUT2D eigenvalue weighted by molar-refractivity contribution is 7.92. The van der Waals surface area contributed by atoms with E-state index < -0.39 is 21.3 Å². The molecular formula is C25H27FN5O5S+. The Morgan fingerprint density at radius 3 is 2.59 bits per heavy atom. The monoisotopic (exact) mass is 528 g/mol. The van der Waals surface area contributed by atoms with Crippen molar-refractivity contribution in [1.29, 1.82) is 0 Å². The van der Waals surface area contributed by atoms with E-state index in [1.807, 2.05) is 4.90 Å². The number of hydrogen-bond donors (Lipinski definition) is 1. The minimum absolute atomic E-state index is 0.123. The minimum atomic E-state index is -3.67. The number of morpholine rings is 1. The zero-order chi connectivity index (χ0) is 26.3. The minimum Gasteiger partial charge on any atom is -0.498 e. The van der Waals surface area contributed by atoms with E-state index in [4.69, 9.17) is 4.74 Å². The number of ether oxygens (including phenoxy) is 1. The van der Waals surface area contributed by atoms with Crippen molar-refractivity contribution in [3.05, 3.63) is 75.7 Å². The van der Waals surface area contributed by atoms with Crippen molar-refractivity contribution in [3.63, 3.8) is 0 Å². The average Bonchev–Trinajstić information content (AvgIpc) is 3.34. The summed E-state index contributed by atoms with van der Waals surface area (Å²) >= 11 is 0. The summed E-state index contributed by atoms with van der Waals surface area (Å²) in [5.41, 5.74) is 2.79. The maximum atomic E-state index is 13.3. The van der Waals surface area contributed by atoms with Gasteiger partial charge in [-0.2, -0.15) is 4.40 Å². The van der Waals surface area contributed by atoms with Gasteiger partial charge in [0, 0.05) is 32.8 Å². The molecule has 2 aliphatic rings.